The largest absolute Gasteiger partial charge is 0.378 e. The van der Waals surface area contributed by atoms with Gasteiger partial charge in [0.05, 0.1) is 0 Å². The van der Waals surface area contributed by atoms with Crippen LogP contribution in [-0.4, -0.2) is 58.2 Å². The Balaban J connectivity index is 0.00000288. The highest BCUT2D eigenvalue weighted by atomic mass is 127. The highest BCUT2D eigenvalue weighted by molar-refractivity contribution is 14.0. The number of hydrogen-bond donors (Lipinski definition) is 2. The van der Waals surface area contributed by atoms with E-state index in [0.717, 1.165) is 25.6 Å². The topological polar surface area (TPSA) is 42.9 Å². The molecule has 0 unspecified atom stereocenters. The van der Waals surface area contributed by atoms with Crippen molar-refractivity contribution in [3.05, 3.63) is 29.8 Å². The fraction of sp³-hybridized carbons (Fsp3) is 0.611. The van der Waals surface area contributed by atoms with Crippen LogP contribution in [0, 0.1) is 0 Å². The van der Waals surface area contributed by atoms with E-state index in [1.165, 1.54) is 43.6 Å². The molecular formula is C18H32IN5. The number of guanidine groups is 1. The van der Waals surface area contributed by atoms with Gasteiger partial charge in [-0.05, 0) is 43.6 Å². The average Bonchev–Trinajstić information content (AvgIpc) is 2.59. The van der Waals surface area contributed by atoms with Gasteiger partial charge >= 0.3 is 0 Å². The maximum atomic E-state index is 4.30. The summed E-state index contributed by atoms with van der Waals surface area (Å²) in [5.74, 6) is 0.874. The summed E-state index contributed by atoms with van der Waals surface area (Å²) >= 11 is 0. The second kappa shape index (κ2) is 11.5. The Labute approximate surface area is 163 Å². The lowest BCUT2D eigenvalue weighted by atomic mass is 10.1. The number of anilines is 1. The number of nitrogens with one attached hydrogen (secondary N) is 2. The number of hydrogen-bond acceptors (Lipinski definition) is 3. The number of likely N-dealkylation sites (tertiary alicyclic amines) is 1. The second-order valence-corrected chi connectivity index (χ2v) is 6.32. The molecule has 1 aliphatic rings. The van der Waals surface area contributed by atoms with Gasteiger partial charge in [-0.15, -0.1) is 24.0 Å². The van der Waals surface area contributed by atoms with E-state index in [1.807, 2.05) is 7.05 Å². The van der Waals surface area contributed by atoms with Crippen LogP contribution in [0.3, 0.4) is 0 Å². The van der Waals surface area contributed by atoms with Crippen molar-refractivity contribution in [2.24, 2.45) is 4.99 Å². The van der Waals surface area contributed by atoms with Crippen LogP contribution in [0.1, 0.15) is 24.8 Å². The molecule has 0 aromatic heterocycles. The Hall–Kier alpha value is -1.02. The van der Waals surface area contributed by atoms with Crippen LogP contribution in [0.15, 0.2) is 29.3 Å². The quantitative estimate of drug-likeness (QED) is 0.401. The first-order valence-electron chi connectivity index (χ1n) is 8.62. The summed E-state index contributed by atoms with van der Waals surface area (Å²) < 4.78 is 0. The van der Waals surface area contributed by atoms with Crippen molar-refractivity contribution < 1.29 is 0 Å². The minimum Gasteiger partial charge on any atom is -0.378 e. The minimum absolute atomic E-state index is 0. The third-order valence-electron chi connectivity index (χ3n) is 4.31. The van der Waals surface area contributed by atoms with Gasteiger partial charge < -0.3 is 20.4 Å². The third-order valence-corrected chi connectivity index (χ3v) is 4.31. The molecule has 24 heavy (non-hydrogen) atoms. The molecule has 1 aromatic rings. The van der Waals surface area contributed by atoms with Crippen molar-refractivity contribution in [3.63, 3.8) is 0 Å². The van der Waals surface area contributed by atoms with E-state index in [2.05, 4.69) is 63.8 Å². The Bertz CT molecular complexity index is 481. The highest BCUT2D eigenvalue weighted by Gasteiger charge is 2.09. The molecule has 136 valence electrons. The molecule has 0 amide bonds. The van der Waals surface area contributed by atoms with E-state index in [1.54, 1.807) is 0 Å². The van der Waals surface area contributed by atoms with Gasteiger partial charge in [0.25, 0.3) is 0 Å². The third kappa shape index (κ3) is 7.25. The van der Waals surface area contributed by atoms with E-state index in [-0.39, 0.29) is 24.0 Å². The first-order chi connectivity index (χ1) is 11.2. The van der Waals surface area contributed by atoms with Crippen LogP contribution in [0.5, 0.6) is 0 Å². The molecule has 0 aliphatic carbocycles. The van der Waals surface area contributed by atoms with Crippen molar-refractivity contribution in [2.75, 3.05) is 52.2 Å². The molecule has 1 saturated heterocycles. The van der Waals surface area contributed by atoms with Crippen LogP contribution < -0.4 is 15.5 Å². The van der Waals surface area contributed by atoms with Gasteiger partial charge in [-0.2, -0.15) is 0 Å². The molecular weight excluding hydrogens is 413 g/mol. The zero-order valence-electron chi connectivity index (χ0n) is 15.2. The van der Waals surface area contributed by atoms with E-state index in [0.29, 0.717) is 0 Å². The van der Waals surface area contributed by atoms with Crippen LogP contribution in [0.25, 0.3) is 0 Å². The lowest BCUT2D eigenvalue weighted by Gasteiger charge is -2.26. The number of halogens is 1. The van der Waals surface area contributed by atoms with E-state index < -0.39 is 0 Å². The van der Waals surface area contributed by atoms with Gasteiger partial charge in [0.15, 0.2) is 5.96 Å². The van der Waals surface area contributed by atoms with Gasteiger partial charge in [0.2, 0.25) is 0 Å². The summed E-state index contributed by atoms with van der Waals surface area (Å²) in [5.41, 5.74) is 2.48. The van der Waals surface area contributed by atoms with E-state index in [9.17, 15) is 0 Å². The summed E-state index contributed by atoms with van der Waals surface area (Å²) in [7, 11) is 5.94. The summed E-state index contributed by atoms with van der Waals surface area (Å²) in [6.45, 7) is 5.31. The van der Waals surface area contributed by atoms with Crippen molar-refractivity contribution >= 4 is 35.6 Å². The summed E-state index contributed by atoms with van der Waals surface area (Å²) in [6, 6.07) is 8.60. The molecule has 5 nitrogen and oxygen atoms in total. The molecule has 1 fully saturated rings. The van der Waals surface area contributed by atoms with Crippen molar-refractivity contribution in [3.8, 4) is 0 Å². The molecule has 0 bridgehead atoms. The molecule has 2 N–H and O–H groups in total. The number of nitrogens with zero attached hydrogens (tertiary/aromatic N) is 3. The Kier molecular flexibility index (Phi) is 10.1. The van der Waals surface area contributed by atoms with Crippen LogP contribution in [0.2, 0.25) is 0 Å². The maximum absolute atomic E-state index is 4.30. The number of piperidine rings is 1. The molecule has 0 radical (unpaired) electrons. The zero-order valence-corrected chi connectivity index (χ0v) is 17.5. The number of benzene rings is 1. The van der Waals surface area contributed by atoms with Crippen molar-refractivity contribution in [1.29, 1.82) is 0 Å². The van der Waals surface area contributed by atoms with Gasteiger partial charge in [0.1, 0.15) is 0 Å². The standard InChI is InChI=1S/C18H31N5.HI/c1-19-18(20-11-14-23-12-5-4-6-13-23)21-15-16-7-9-17(10-8-16)22(2)3;/h7-10H,4-6,11-15H2,1-3H3,(H2,19,20,21);1H. The lowest BCUT2D eigenvalue weighted by molar-refractivity contribution is 0.232. The smallest absolute Gasteiger partial charge is 0.191 e. The first-order valence-corrected chi connectivity index (χ1v) is 8.62. The Morgan fingerprint density at radius 1 is 1.08 bits per heavy atom. The molecule has 1 aromatic carbocycles. The molecule has 0 spiro atoms. The fourth-order valence-electron chi connectivity index (χ4n) is 2.83. The SMILES string of the molecule is CN=C(NCCN1CCCCC1)NCc1ccc(N(C)C)cc1.I. The molecule has 6 heteroatoms. The monoisotopic (exact) mass is 445 g/mol. The van der Waals surface area contributed by atoms with Crippen LogP contribution in [-0.2, 0) is 6.54 Å². The molecule has 0 atom stereocenters. The van der Waals surface area contributed by atoms with Gasteiger partial charge in [-0.3, -0.25) is 4.99 Å². The highest BCUT2D eigenvalue weighted by Crippen LogP contribution is 2.12. The Morgan fingerprint density at radius 3 is 2.33 bits per heavy atom. The molecule has 1 aliphatic heterocycles. The molecule has 2 rings (SSSR count). The second-order valence-electron chi connectivity index (χ2n) is 6.32. The fourth-order valence-corrected chi connectivity index (χ4v) is 2.83. The number of rotatable bonds is 6. The lowest BCUT2D eigenvalue weighted by Crippen LogP contribution is -2.42. The first kappa shape index (κ1) is 21.0. The van der Waals surface area contributed by atoms with E-state index >= 15 is 0 Å². The summed E-state index contributed by atoms with van der Waals surface area (Å²) in [6.07, 6.45) is 4.08. The van der Waals surface area contributed by atoms with Gasteiger partial charge in [-0.1, -0.05) is 18.6 Å². The average molecular weight is 445 g/mol. The predicted molar refractivity (Wildman–Crippen MR) is 115 cm³/mol. The van der Waals surface area contributed by atoms with Crippen molar-refractivity contribution in [2.45, 2.75) is 25.8 Å². The molecule has 1 heterocycles. The van der Waals surface area contributed by atoms with Crippen LogP contribution in [0.4, 0.5) is 5.69 Å². The summed E-state index contributed by atoms with van der Waals surface area (Å²) in [4.78, 5) is 8.94. The predicted octanol–water partition coefficient (Wildman–Crippen LogP) is 2.52. The summed E-state index contributed by atoms with van der Waals surface area (Å²) in [5, 5.41) is 6.78. The zero-order chi connectivity index (χ0) is 16.5. The Morgan fingerprint density at radius 2 is 1.75 bits per heavy atom. The minimum atomic E-state index is 0. The van der Waals surface area contributed by atoms with Gasteiger partial charge in [-0.25, -0.2) is 0 Å². The van der Waals surface area contributed by atoms with Gasteiger partial charge in [0, 0.05) is 46.5 Å². The van der Waals surface area contributed by atoms with E-state index in [4.69, 9.17) is 0 Å². The normalized spacial score (nSPS) is 15.5. The van der Waals surface area contributed by atoms with Crippen LogP contribution >= 0.6 is 24.0 Å². The number of aliphatic imine (C=N–C) groups is 1. The maximum Gasteiger partial charge on any atom is 0.191 e. The molecule has 0 saturated carbocycles. The van der Waals surface area contributed by atoms with Crippen molar-refractivity contribution in [1.82, 2.24) is 15.5 Å².